The molecule has 1 fully saturated rings. The molecule has 1 amide bonds. The maximum Gasteiger partial charge on any atom is 0.271 e. The summed E-state index contributed by atoms with van der Waals surface area (Å²) >= 11 is 6.16. The van der Waals surface area contributed by atoms with Gasteiger partial charge in [-0.3, -0.25) is 9.48 Å². The van der Waals surface area contributed by atoms with Crippen LogP contribution in [0.15, 0.2) is 12.3 Å². The molecule has 24 heavy (non-hydrogen) atoms. The Kier molecular flexibility index (Phi) is 4.91. The molecular weight excluding hydrogens is 328 g/mol. The molecule has 0 aliphatic carbocycles. The van der Waals surface area contributed by atoms with Gasteiger partial charge in [-0.05, 0) is 52.9 Å². The van der Waals surface area contributed by atoms with Crippen molar-refractivity contribution in [3.8, 4) is 0 Å². The highest BCUT2D eigenvalue weighted by atomic mass is 35.5. The number of carbonyl (C=O) groups excluding carboxylic acids is 1. The number of rotatable bonds is 4. The van der Waals surface area contributed by atoms with Crippen LogP contribution in [0.25, 0.3) is 0 Å². The standard InChI is InChI=1S/C16H23ClN6O/c1-11-15(17)12(2)23(19-11)10-22-9-6-14(20-22)16(24)18-13-4-7-21(3)8-5-13/h6,9,13H,4-5,7-8,10H2,1-3H3,(H,18,24). The highest BCUT2D eigenvalue weighted by Gasteiger charge is 2.20. The van der Waals surface area contributed by atoms with Crippen LogP contribution >= 0.6 is 11.6 Å². The van der Waals surface area contributed by atoms with Crippen LogP contribution < -0.4 is 5.32 Å². The predicted molar refractivity (Wildman–Crippen MR) is 92.3 cm³/mol. The maximum absolute atomic E-state index is 12.3. The van der Waals surface area contributed by atoms with Gasteiger partial charge in [-0.15, -0.1) is 0 Å². The van der Waals surface area contributed by atoms with Crippen molar-refractivity contribution in [3.63, 3.8) is 0 Å². The van der Waals surface area contributed by atoms with Crippen LogP contribution in [0.2, 0.25) is 5.02 Å². The van der Waals surface area contributed by atoms with Crippen LogP contribution in [0.4, 0.5) is 0 Å². The van der Waals surface area contributed by atoms with Gasteiger partial charge in [0.25, 0.3) is 5.91 Å². The Labute approximate surface area is 146 Å². The van der Waals surface area contributed by atoms with Crippen LogP contribution in [-0.2, 0) is 6.67 Å². The predicted octanol–water partition coefficient (Wildman–Crippen LogP) is 1.68. The summed E-state index contributed by atoms with van der Waals surface area (Å²) < 4.78 is 3.47. The van der Waals surface area contributed by atoms with Crippen molar-refractivity contribution in [2.45, 2.75) is 39.4 Å². The molecule has 1 aliphatic heterocycles. The van der Waals surface area contributed by atoms with Gasteiger partial charge >= 0.3 is 0 Å². The van der Waals surface area contributed by atoms with E-state index in [4.69, 9.17) is 11.6 Å². The summed E-state index contributed by atoms with van der Waals surface area (Å²) in [5.41, 5.74) is 2.12. The minimum absolute atomic E-state index is 0.116. The number of nitrogens with zero attached hydrogens (tertiary/aromatic N) is 5. The molecule has 1 saturated heterocycles. The molecule has 7 nitrogen and oxygen atoms in total. The van der Waals surface area contributed by atoms with E-state index in [2.05, 4.69) is 27.5 Å². The van der Waals surface area contributed by atoms with E-state index in [1.54, 1.807) is 21.6 Å². The normalized spacial score (nSPS) is 16.5. The van der Waals surface area contributed by atoms with Crippen LogP contribution in [0, 0.1) is 13.8 Å². The van der Waals surface area contributed by atoms with Gasteiger partial charge < -0.3 is 10.2 Å². The minimum Gasteiger partial charge on any atom is -0.348 e. The molecule has 0 bridgehead atoms. The molecule has 0 unspecified atom stereocenters. The molecule has 1 N–H and O–H groups in total. The molecule has 3 rings (SSSR count). The Hall–Kier alpha value is -1.86. The summed E-state index contributed by atoms with van der Waals surface area (Å²) in [6, 6.07) is 1.96. The summed E-state index contributed by atoms with van der Waals surface area (Å²) in [6.07, 6.45) is 3.74. The van der Waals surface area contributed by atoms with E-state index >= 15 is 0 Å². The maximum atomic E-state index is 12.3. The summed E-state index contributed by atoms with van der Waals surface area (Å²) in [6.45, 7) is 6.24. The number of carbonyl (C=O) groups is 1. The van der Waals surface area contributed by atoms with Gasteiger partial charge in [0.1, 0.15) is 12.4 Å². The molecular formula is C16H23ClN6O. The Morgan fingerprint density at radius 1 is 1.33 bits per heavy atom. The highest BCUT2D eigenvalue weighted by molar-refractivity contribution is 6.31. The van der Waals surface area contributed by atoms with Gasteiger partial charge in [0, 0.05) is 12.2 Å². The van der Waals surface area contributed by atoms with Crippen LogP contribution in [-0.4, -0.2) is 56.5 Å². The molecule has 0 aromatic carbocycles. The first-order valence-electron chi connectivity index (χ1n) is 8.16. The van der Waals surface area contributed by atoms with Crippen LogP contribution in [0.5, 0.6) is 0 Å². The van der Waals surface area contributed by atoms with Gasteiger partial charge in [0.2, 0.25) is 0 Å². The van der Waals surface area contributed by atoms with E-state index in [1.165, 1.54) is 0 Å². The molecule has 0 spiro atoms. The lowest BCUT2D eigenvalue weighted by Crippen LogP contribution is -2.43. The third-order valence-corrected chi connectivity index (χ3v) is 5.05. The second-order valence-electron chi connectivity index (χ2n) is 6.42. The molecule has 1 aliphatic rings. The zero-order chi connectivity index (χ0) is 17.3. The van der Waals surface area contributed by atoms with E-state index in [-0.39, 0.29) is 11.9 Å². The van der Waals surface area contributed by atoms with Gasteiger partial charge in [0.05, 0.1) is 16.4 Å². The third kappa shape index (κ3) is 3.62. The van der Waals surface area contributed by atoms with Gasteiger partial charge in [-0.1, -0.05) is 11.6 Å². The SMILES string of the molecule is Cc1nn(Cn2ccc(C(=O)NC3CCN(C)CC3)n2)c(C)c1Cl. The van der Waals surface area contributed by atoms with Gasteiger partial charge in [0.15, 0.2) is 0 Å². The lowest BCUT2D eigenvalue weighted by atomic mass is 10.1. The molecule has 0 atom stereocenters. The zero-order valence-electron chi connectivity index (χ0n) is 14.3. The van der Waals surface area contributed by atoms with E-state index in [0.717, 1.165) is 37.3 Å². The van der Waals surface area contributed by atoms with Crippen molar-refractivity contribution in [3.05, 3.63) is 34.4 Å². The fourth-order valence-electron chi connectivity index (χ4n) is 2.92. The number of likely N-dealkylation sites (tertiary alicyclic amines) is 1. The lowest BCUT2D eigenvalue weighted by Gasteiger charge is -2.29. The monoisotopic (exact) mass is 350 g/mol. The van der Waals surface area contributed by atoms with Crippen molar-refractivity contribution in [1.29, 1.82) is 0 Å². The topological polar surface area (TPSA) is 68.0 Å². The van der Waals surface area contributed by atoms with Gasteiger partial charge in [-0.25, -0.2) is 4.68 Å². The highest BCUT2D eigenvalue weighted by Crippen LogP contribution is 2.18. The van der Waals surface area contributed by atoms with Crippen molar-refractivity contribution in [1.82, 2.24) is 29.8 Å². The Morgan fingerprint density at radius 2 is 2.04 bits per heavy atom. The number of piperidine rings is 1. The quantitative estimate of drug-likeness (QED) is 0.911. The molecule has 130 valence electrons. The second-order valence-corrected chi connectivity index (χ2v) is 6.80. The largest absolute Gasteiger partial charge is 0.348 e. The summed E-state index contributed by atoms with van der Waals surface area (Å²) in [5.74, 6) is -0.116. The number of aryl methyl sites for hydroxylation is 1. The number of hydrogen-bond acceptors (Lipinski definition) is 4. The average Bonchev–Trinajstić information content (AvgIpc) is 3.11. The fraction of sp³-hybridized carbons (Fsp3) is 0.562. The summed E-state index contributed by atoms with van der Waals surface area (Å²) in [7, 11) is 2.10. The van der Waals surface area contributed by atoms with Crippen molar-refractivity contribution >= 4 is 17.5 Å². The lowest BCUT2D eigenvalue weighted by molar-refractivity contribution is 0.0910. The first-order chi connectivity index (χ1) is 11.4. The van der Waals surface area contributed by atoms with Crippen LogP contribution in [0.1, 0.15) is 34.7 Å². The number of aromatic nitrogens is 4. The summed E-state index contributed by atoms with van der Waals surface area (Å²) in [5, 5.41) is 12.5. The number of amides is 1. The smallest absolute Gasteiger partial charge is 0.271 e. The Bertz CT molecular complexity index is 729. The van der Waals surface area contributed by atoms with Crippen molar-refractivity contribution < 1.29 is 4.79 Å². The number of hydrogen-bond donors (Lipinski definition) is 1. The summed E-state index contributed by atoms with van der Waals surface area (Å²) in [4.78, 5) is 14.6. The molecule has 3 heterocycles. The minimum atomic E-state index is -0.116. The molecule has 8 heteroatoms. The van der Waals surface area contributed by atoms with Crippen molar-refractivity contribution in [2.24, 2.45) is 0 Å². The average molecular weight is 351 g/mol. The van der Waals surface area contributed by atoms with E-state index in [1.807, 2.05) is 13.8 Å². The van der Waals surface area contributed by atoms with Gasteiger partial charge in [-0.2, -0.15) is 10.2 Å². The number of halogens is 1. The Morgan fingerprint density at radius 3 is 2.67 bits per heavy atom. The first-order valence-corrected chi connectivity index (χ1v) is 8.54. The zero-order valence-corrected chi connectivity index (χ0v) is 15.0. The van der Waals surface area contributed by atoms with Crippen LogP contribution in [0.3, 0.4) is 0 Å². The van der Waals surface area contributed by atoms with E-state index in [9.17, 15) is 4.79 Å². The molecule has 2 aromatic heterocycles. The number of nitrogens with one attached hydrogen (secondary N) is 1. The fourth-order valence-corrected chi connectivity index (χ4v) is 3.06. The van der Waals surface area contributed by atoms with Crippen molar-refractivity contribution in [2.75, 3.05) is 20.1 Å². The first kappa shape index (κ1) is 17.0. The van der Waals surface area contributed by atoms with E-state index in [0.29, 0.717) is 17.4 Å². The molecule has 2 aromatic rings. The van der Waals surface area contributed by atoms with E-state index < -0.39 is 0 Å². The Balaban J connectivity index is 1.62. The third-order valence-electron chi connectivity index (χ3n) is 4.50. The molecule has 0 saturated carbocycles. The second kappa shape index (κ2) is 6.94. The molecule has 0 radical (unpaired) electrons.